The van der Waals surface area contributed by atoms with Gasteiger partial charge in [0.15, 0.2) is 0 Å². The minimum absolute atomic E-state index is 0.0720. The van der Waals surface area contributed by atoms with Gasteiger partial charge in [0.1, 0.15) is 22.5 Å². The van der Waals surface area contributed by atoms with Gasteiger partial charge >= 0.3 is 0 Å². The topological polar surface area (TPSA) is 38.8 Å². The molecule has 0 unspecified atom stereocenters. The number of amides is 1. The van der Waals surface area contributed by atoms with Crippen molar-refractivity contribution in [2.75, 3.05) is 13.2 Å². The molecule has 0 radical (unpaired) electrons. The van der Waals surface area contributed by atoms with Crippen molar-refractivity contribution < 1.29 is 18.7 Å². The van der Waals surface area contributed by atoms with Crippen molar-refractivity contribution in [3.05, 3.63) is 70.4 Å². The molecular weight excluding hydrogens is 409 g/mol. The lowest BCUT2D eigenvalue weighted by Crippen LogP contribution is -2.35. The maximum absolute atomic E-state index is 13.7. The van der Waals surface area contributed by atoms with E-state index in [1.165, 1.54) is 17.8 Å². The van der Waals surface area contributed by atoms with Crippen LogP contribution in [0.4, 0.5) is 4.39 Å². The van der Waals surface area contributed by atoms with E-state index < -0.39 is 0 Å². The van der Waals surface area contributed by atoms with E-state index in [4.69, 9.17) is 21.7 Å². The molecule has 2 aromatic rings. The Bertz CT molecular complexity index is 939. The first-order valence-electron chi connectivity index (χ1n) is 9.43. The van der Waals surface area contributed by atoms with E-state index in [1.54, 1.807) is 35.2 Å². The minimum atomic E-state index is -0.283. The zero-order valence-corrected chi connectivity index (χ0v) is 17.3. The summed E-state index contributed by atoms with van der Waals surface area (Å²) < 4.78 is 25.5. The lowest BCUT2D eigenvalue weighted by Gasteiger charge is -2.18. The largest absolute Gasteiger partial charge is 0.489 e. The molecule has 0 N–H and O–H groups in total. The van der Waals surface area contributed by atoms with Crippen LogP contribution in [0.2, 0.25) is 0 Å². The van der Waals surface area contributed by atoms with E-state index in [0.717, 1.165) is 25.0 Å². The average Bonchev–Trinajstić information content (AvgIpc) is 3.33. The van der Waals surface area contributed by atoms with Crippen LogP contribution in [0.25, 0.3) is 6.08 Å². The molecule has 2 fully saturated rings. The molecule has 0 aliphatic carbocycles. The Balaban J connectivity index is 1.38. The number of benzene rings is 2. The predicted octanol–water partition coefficient (Wildman–Crippen LogP) is 4.78. The first kappa shape index (κ1) is 20.1. The van der Waals surface area contributed by atoms with E-state index in [1.807, 2.05) is 18.2 Å². The Morgan fingerprint density at radius 3 is 2.76 bits per heavy atom. The van der Waals surface area contributed by atoms with Crippen molar-refractivity contribution in [3.63, 3.8) is 0 Å². The normalized spacial score (nSPS) is 20.7. The third-order valence-corrected chi connectivity index (χ3v) is 6.19. The van der Waals surface area contributed by atoms with Gasteiger partial charge < -0.3 is 9.47 Å². The van der Waals surface area contributed by atoms with Gasteiger partial charge in [-0.2, -0.15) is 0 Å². The van der Waals surface area contributed by atoms with Crippen LogP contribution in [0.1, 0.15) is 24.0 Å². The van der Waals surface area contributed by atoms with Gasteiger partial charge in [-0.1, -0.05) is 54.3 Å². The fraction of sp³-hybridized carbons (Fsp3) is 0.273. The lowest BCUT2D eigenvalue weighted by molar-refractivity contribution is -0.123. The Morgan fingerprint density at radius 1 is 1.24 bits per heavy atom. The predicted molar refractivity (Wildman–Crippen MR) is 116 cm³/mol. The van der Waals surface area contributed by atoms with E-state index in [-0.39, 0.29) is 24.4 Å². The quantitative estimate of drug-likeness (QED) is 0.488. The Kier molecular flexibility index (Phi) is 6.28. The highest BCUT2D eigenvalue weighted by atomic mass is 32.2. The maximum atomic E-state index is 13.7. The summed E-state index contributed by atoms with van der Waals surface area (Å²) in [6.45, 7) is 1.43. The number of thiocarbonyl (C=S) groups is 1. The molecule has 150 valence electrons. The third-order valence-electron chi connectivity index (χ3n) is 4.81. The Labute approximate surface area is 178 Å². The monoisotopic (exact) mass is 429 g/mol. The summed E-state index contributed by atoms with van der Waals surface area (Å²) in [5.41, 5.74) is 1.38. The number of hydrogen-bond acceptors (Lipinski definition) is 5. The van der Waals surface area contributed by atoms with E-state index >= 15 is 0 Å². The van der Waals surface area contributed by atoms with Crippen LogP contribution in [0.3, 0.4) is 0 Å². The molecule has 2 aromatic carbocycles. The number of carbonyl (C=O) groups is 1. The van der Waals surface area contributed by atoms with Crippen molar-refractivity contribution in [1.82, 2.24) is 4.90 Å². The van der Waals surface area contributed by atoms with Gasteiger partial charge in [-0.05, 0) is 42.7 Å². The van der Waals surface area contributed by atoms with Gasteiger partial charge in [0.05, 0.1) is 17.6 Å². The van der Waals surface area contributed by atoms with Gasteiger partial charge in [-0.15, -0.1) is 0 Å². The van der Waals surface area contributed by atoms with E-state index in [9.17, 15) is 9.18 Å². The van der Waals surface area contributed by atoms with Crippen molar-refractivity contribution in [2.45, 2.75) is 25.6 Å². The summed E-state index contributed by atoms with van der Waals surface area (Å²) in [5.74, 6) is 0.279. The number of hydrogen-bond donors (Lipinski definition) is 0. The van der Waals surface area contributed by atoms with Crippen molar-refractivity contribution in [1.29, 1.82) is 0 Å². The summed E-state index contributed by atoms with van der Waals surface area (Å²) in [6, 6.07) is 13.9. The van der Waals surface area contributed by atoms with Gasteiger partial charge in [-0.25, -0.2) is 4.39 Å². The maximum Gasteiger partial charge on any atom is 0.266 e. The van der Waals surface area contributed by atoms with Gasteiger partial charge in [0.25, 0.3) is 5.91 Å². The van der Waals surface area contributed by atoms with Crippen LogP contribution in [0, 0.1) is 5.82 Å². The molecule has 29 heavy (non-hydrogen) atoms. The first-order valence-corrected chi connectivity index (χ1v) is 10.7. The van der Waals surface area contributed by atoms with E-state index in [0.29, 0.717) is 27.1 Å². The molecule has 1 atom stereocenters. The van der Waals surface area contributed by atoms with Crippen LogP contribution in [0.5, 0.6) is 5.75 Å². The number of carbonyl (C=O) groups excluding carboxylic acids is 1. The molecule has 1 amide bonds. The molecule has 4 nitrogen and oxygen atoms in total. The Hall–Kier alpha value is -2.22. The highest BCUT2D eigenvalue weighted by Gasteiger charge is 2.34. The van der Waals surface area contributed by atoms with Crippen LogP contribution < -0.4 is 4.74 Å². The van der Waals surface area contributed by atoms with Crippen molar-refractivity contribution >= 4 is 40.3 Å². The standard InChI is InChI=1S/C22H20FNO3S2/c23-19-6-2-1-4-16(19)14-27-17-9-7-15(8-10-17)12-20-21(25)24(22(28)29-20)13-18-5-3-11-26-18/h1-2,4,6-10,12,18H,3,5,11,13-14H2/b20-12-/t18-/m0/s1. The number of nitrogens with zero attached hydrogens (tertiary/aromatic N) is 1. The summed E-state index contributed by atoms with van der Waals surface area (Å²) in [7, 11) is 0. The van der Waals surface area contributed by atoms with Gasteiger partial charge in [0.2, 0.25) is 0 Å². The molecule has 0 aromatic heterocycles. The van der Waals surface area contributed by atoms with Crippen LogP contribution >= 0.6 is 24.0 Å². The summed E-state index contributed by atoms with van der Waals surface area (Å²) in [5, 5.41) is 0. The molecule has 4 rings (SSSR count). The number of ether oxygens (including phenoxy) is 2. The highest BCUT2D eigenvalue weighted by molar-refractivity contribution is 8.26. The third kappa shape index (κ3) is 4.86. The lowest BCUT2D eigenvalue weighted by atomic mass is 10.2. The summed E-state index contributed by atoms with van der Waals surface area (Å²) >= 11 is 6.69. The van der Waals surface area contributed by atoms with Gasteiger partial charge in [0, 0.05) is 12.2 Å². The molecule has 2 heterocycles. The Morgan fingerprint density at radius 2 is 2.03 bits per heavy atom. The fourth-order valence-electron chi connectivity index (χ4n) is 3.24. The zero-order chi connectivity index (χ0) is 20.2. The summed E-state index contributed by atoms with van der Waals surface area (Å²) in [4.78, 5) is 14.9. The molecule has 7 heteroatoms. The smallest absolute Gasteiger partial charge is 0.266 e. The first-order chi connectivity index (χ1) is 14.1. The zero-order valence-electron chi connectivity index (χ0n) is 15.7. The summed E-state index contributed by atoms with van der Waals surface area (Å²) in [6.07, 6.45) is 3.89. The molecule has 2 aliphatic heterocycles. The van der Waals surface area contributed by atoms with Crippen LogP contribution in [0.15, 0.2) is 53.4 Å². The number of halogens is 1. The van der Waals surface area contributed by atoms with Crippen molar-refractivity contribution in [3.8, 4) is 5.75 Å². The van der Waals surface area contributed by atoms with E-state index in [2.05, 4.69) is 0 Å². The second-order valence-electron chi connectivity index (χ2n) is 6.88. The molecule has 0 saturated carbocycles. The molecule has 0 spiro atoms. The average molecular weight is 430 g/mol. The number of rotatable bonds is 6. The molecule has 2 aliphatic rings. The fourth-order valence-corrected chi connectivity index (χ4v) is 4.51. The second-order valence-corrected chi connectivity index (χ2v) is 8.55. The second kappa shape index (κ2) is 9.07. The van der Waals surface area contributed by atoms with Gasteiger partial charge in [-0.3, -0.25) is 9.69 Å². The highest BCUT2D eigenvalue weighted by Crippen LogP contribution is 2.33. The van der Waals surface area contributed by atoms with Crippen LogP contribution in [-0.2, 0) is 16.1 Å². The van der Waals surface area contributed by atoms with Crippen molar-refractivity contribution in [2.24, 2.45) is 0 Å². The minimum Gasteiger partial charge on any atom is -0.489 e. The molecule has 2 saturated heterocycles. The molecular formula is C22H20FNO3S2. The van der Waals surface area contributed by atoms with Crippen LogP contribution in [-0.4, -0.2) is 34.4 Å². The number of thioether (sulfide) groups is 1. The SMILES string of the molecule is O=C1/C(=C/c2ccc(OCc3ccccc3F)cc2)SC(=S)N1C[C@@H]1CCCO1. The molecule has 0 bridgehead atoms.